The molecule has 1 aliphatic rings. The number of carbonyl (C=O) groups is 1. The van der Waals surface area contributed by atoms with Gasteiger partial charge in [-0.1, -0.05) is 6.07 Å². The van der Waals surface area contributed by atoms with Crippen LogP contribution in [-0.4, -0.2) is 50.9 Å². The standard InChI is InChI=1S/C14H20N2O3S/c1-10-4-5-12(13(8-10)15-2)14(17)16(3)11-6-7-20(18,19)9-11/h4-5,8,11,15H,6-7,9H2,1-3H3. The summed E-state index contributed by atoms with van der Waals surface area (Å²) in [6.07, 6.45) is 0.519. The van der Waals surface area contributed by atoms with E-state index in [0.717, 1.165) is 11.3 Å². The van der Waals surface area contributed by atoms with Gasteiger partial charge in [-0.15, -0.1) is 0 Å². The molecule has 1 N–H and O–H groups in total. The van der Waals surface area contributed by atoms with Crippen molar-refractivity contribution in [1.29, 1.82) is 0 Å². The third-order valence-corrected chi connectivity index (χ3v) is 5.50. The lowest BCUT2D eigenvalue weighted by atomic mass is 10.1. The topological polar surface area (TPSA) is 66.5 Å². The number of aryl methyl sites for hydroxylation is 1. The number of amides is 1. The SMILES string of the molecule is CNc1cc(C)ccc1C(=O)N(C)C1CCS(=O)(=O)C1. The Morgan fingerprint density at radius 2 is 2.10 bits per heavy atom. The molecule has 0 radical (unpaired) electrons. The molecule has 1 aromatic carbocycles. The van der Waals surface area contributed by atoms with Crippen molar-refractivity contribution >= 4 is 21.4 Å². The normalized spacial score (nSPS) is 20.6. The number of rotatable bonds is 3. The molecule has 0 aliphatic carbocycles. The maximum atomic E-state index is 12.5. The van der Waals surface area contributed by atoms with Gasteiger partial charge < -0.3 is 10.2 Å². The van der Waals surface area contributed by atoms with E-state index in [0.29, 0.717) is 12.0 Å². The molecule has 20 heavy (non-hydrogen) atoms. The first-order valence-corrected chi connectivity index (χ1v) is 8.42. The molecule has 1 aliphatic heterocycles. The second-order valence-electron chi connectivity index (χ2n) is 5.27. The quantitative estimate of drug-likeness (QED) is 0.913. The van der Waals surface area contributed by atoms with Crippen LogP contribution in [0.15, 0.2) is 18.2 Å². The molecule has 110 valence electrons. The summed E-state index contributed by atoms with van der Waals surface area (Å²) < 4.78 is 23.0. The molecule has 1 amide bonds. The Kier molecular flexibility index (Phi) is 4.04. The minimum Gasteiger partial charge on any atom is -0.387 e. The molecule has 1 fully saturated rings. The summed E-state index contributed by atoms with van der Waals surface area (Å²) in [7, 11) is 0.455. The van der Waals surface area contributed by atoms with Gasteiger partial charge in [-0.2, -0.15) is 0 Å². The van der Waals surface area contributed by atoms with Crippen LogP contribution in [0.1, 0.15) is 22.3 Å². The van der Waals surface area contributed by atoms with Crippen LogP contribution in [0.4, 0.5) is 5.69 Å². The van der Waals surface area contributed by atoms with Crippen LogP contribution >= 0.6 is 0 Å². The summed E-state index contributed by atoms with van der Waals surface area (Å²) in [5.74, 6) is 0.0920. The Bertz CT molecular complexity index is 625. The monoisotopic (exact) mass is 296 g/mol. The predicted molar refractivity (Wildman–Crippen MR) is 79.9 cm³/mol. The van der Waals surface area contributed by atoms with Crippen LogP contribution < -0.4 is 5.32 Å². The molecular formula is C14H20N2O3S. The molecule has 2 rings (SSSR count). The molecule has 1 saturated heterocycles. The first-order chi connectivity index (χ1) is 9.34. The predicted octanol–water partition coefficient (Wildman–Crippen LogP) is 1.30. The first-order valence-electron chi connectivity index (χ1n) is 6.60. The van der Waals surface area contributed by atoms with Crippen LogP contribution in [0.2, 0.25) is 0 Å². The van der Waals surface area contributed by atoms with E-state index in [2.05, 4.69) is 5.32 Å². The van der Waals surface area contributed by atoms with E-state index in [1.807, 2.05) is 19.1 Å². The lowest BCUT2D eigenvalue weighted by Gasteiger charge is -2.24. The summed E-state index contributed by atoms with van der Waals surface area (Å²) in [4.78, 5) is 14.1. The number of nitrogens with zero attached hydrogens (tertiary/aromatic N) is 1. The molecular weight excluding hydrogens is 276 g/mol. The minimum absolute atomic E-state index is 0.0655. The van der Waals surface area contributed by atoms with E-state index in [-0.39, 0.29) is 23.5 Å². The number of carbonyl (C=O) groups excluding carboxylic acids is 1. The highest BCUT2D eigenvalue weighted by molar-refractivity contribution is 7.91. The van der Waals surface area contributed by atoms with Gasteiger partial charge in [0.05, 0.1) is 17.1 Å². The largest absolute Gasteiger partial charge is 0.387 e. The van der Waals surface area contributed by atoms with E-state index in [4.69, 9.17) is 0 Å². The highest BCUT2D eigenvalue weighted by atomic mass is 32.2. The van der Waals surface area contributed by atoms with Gasteiger partial charge in [-0.25, -0.2) is 8.42 Å². The van der Waals surface area contributed by atoms with Crippen molar-refractivity contribution in [1.82, 2.24) is 4.90 Å². The number of nitrogens with one attached hydrogen (secondary N) is 1. The zero-order valence-electron chi connectivity index (χ0n) is 12.0. The fraction of sp³-hybridized carbons (Fsp3) is 0.500. The van der Waals surface area contributed by atoms with Crippen LogP contribution in [0.5, 0.6) is 0 Å². The van der Waals surface area contributed by atoms with Gasteiger partial charge in [-0.3, -0.25) is 4.79 Å². The zero-order chi connectivity index (χ0) is 14.9. The van der Waals surface area contributed by atoms with Crippen LogP contribution in [0.25, 0.3) is 0 Å². The lowest BCUT2D eigenvalue weighted by molar-refractivity contribution is 0.0748. The summed E-state index contributed by atoms with van der Waals surface area (Å²) in [6, 6.07) is 5.35. The van der Waals surface area contributed by atoms with Crippen LogP contribution in [0, 0.1) is 6.92 Å². The first kappa shape index (κ1) is 14.8. The Hall–Kier alpha value is -1.56. The van der Waals surface area contributed by atoms with Crippen molar-refractivity contribution < 1.29 is 13.2 Å². The Morgan fingerprint density at radius 1 is 1.40 bits per heavy atom. The van der Waals surface area contributed by atoms with E-state index in [9.17, 15) is 13.2 Å². The Morgan fingerprint density at radius 3 is 2.65 bits per heavy atom. The van der Waals surface area contributed by atoms with Crippen molar-refractivity contribution in [3.8, 4) is 0 Å². The van der Waals surface area contributed by atoms with Crippen molar-refractivity contribution in [3.63, 3.8) is 0 Å². The fourth-order valence-electron chi connectivity index (χ4n) is 2.49. The van der Waals surface area contributed by atoms with E-state index in [1.165, 1.54) is 0 Å². The second kappa shape index (κ2) is 5.44. The maximum absolute atomic E-state index is 12.5. The van der Waals surface area contributed by atoms with Gasteiger partial charge >= 0.3 is 0 Å². The number of sulfone groups is 1. The molecule has 1 atom stereocenters. The summed E-state index contributed by atoms with van der Waals surface area (Å²) >= 11 is 0. The van der Waals surface area contributed by atoms with E-state index < -0.39 is 9.84 Å². The van der Waals surface area contributed by atoms with Gasteiger partial charge in [-0.05, 0) is 31.0 Å². The zero-order valence-corrected chi connectivity index (χ0v) is 12.8. The number of hydrogen-bond donors (Lipinski definition) is 1. The molecule has 0 saturated carbocycles. The fourth-order valence-corrected chi connectivity index (χ4v) is 4.26. The molecule has 1 unspecified atom stereocenters. The average Bonchev–Trinajstić information content (AvgIpc) is 2.77. The number of benzene rings is 1. The molecule has 0 bridgehead atoms. The van der Waals surface area contributed by atoms with Gasteiger partial charge in [0.25, 0.3) is 5.91 Å². The Labute approximate surface area is 119 Å². The molecule has 5 nitrogen and oxygen atoms in total. The number of anilines is 1. The third-order valence-electron chi connectivity index (χ3n) is 3.75. The molecule has 1 aromatic rings. The van der Waals surface area contributed by atoms with Gasteiger partial charge in [0.15, 0.2) is 9.84 Å². The van der Waals surface area contributed by atoms with Crippen LogP contribution in [0.3, 0.4) is 0 Å². The van der Waals surface area contributed by atoms with Crippen molar-refractivity contribution in [2.24, 2.45) is 0 Å². The lowest BCUT2D eigenvalue weighted by Crippen LogP contribution is -2.38. The number of hydrogen-bond acceptors (Lipinski definition) is 4. The highest BCUT2D eigenvalue weighted by Crippen LogP contribution is 2.22. The van der Waals surface area contributed by atoms with Gasteiger partial charge in [0.2, 0.25) is 0 Å². The van der Waals surface area contributed by atoms with E-state index >= 15 is 0 Å². The Balaban J connectivity index is 2.23. The van der Waals surface area contributed by atoms with Crippen molar-refractivity contribution in [2.75, 3.05) is 30.9 Å². The van der Waals surface area contributed by atoms with E-state index in [1.54, 1.807) is 25.1 Å². The molecule has 6 heteroatoms. The highest BCUT2D eigenvalue weighted by Gasteiger charge is 2.33. The second-order valence-corrected chi connectivity index (χ2v) is 7.50. The smallest absolute Gasteiger partial charge is 0.255 e. The molecule has 1 heterocycles. The third kappa shape index (κ3) is 2.95. The molecule has 0 spiro atoms. The van der Waals surface area contributed by atoms with Gasteiger partial charge in [0, 0.05) is 25.8 Å². The van der Waals surface area contributed by atoms with Crippen molar-refractivity contribution in [2.45, 2.75) is 19.4 Å². The van der Waals surface area contributed by atoms with Crippen LogP contribution in [-0.2, 0) is 9.84 Å². The van der Waals surface area contributed by atoms with Crippen molar-refractivity contribution in [3.05, 3.63) is 29.3 Å². The summed E-state index contributed by atoms with van der Waals surface area (Å²) in [5, 5.41) is 3.01. The minimum atomic E-state index is -2.99. The van der Waals surface area contributed by atoms with Gasteiger partial charge in [0.1, 0.15) is 0 Å². The molecule has 0 aromatic heterocycles. The summed E-state index contributed by atoms with van der Waals surface area (Å²) in [6.45, 7) is 1.96. The maximum Gasteiger partial charge on any atom is 0.255 e. The summed E-state index contributed by atoms with van der Waals surface area (Å²) in [5.41, 5.74) is 2.41. The average molecular weight is 296 g/mol.